The first-order valence-corrected chi connectivity index (χ1v) is 13.5. The first kappa shape index (κ1) is 24.6. The molecular weight excluding hydrogens is 444 g/mol. The van der Waals surface area contributed by atoms with Crippen molar-refractivity contribution in [3.05, 3.63) is 95.6 Å². The number of anilines is 1. The maximum Gasteiger partial charge on any atom is 0.258 e. The summed E-state index contributed by atoms with van der Waals surface area (Å²) < 4.78 is 5.30. The van der Waals surface area contributed by atoms with Crippen LogP contribution in [-0.2, 0) is 0 Å². The van der Waals surface area contributed by atoms with Crippen molar-refractivity contribution in [3.8, 4) is 5.75 Å². The number of ether oxygens (including phenoxy) is 1. The molecule has 3 aromatic carbocycles. The molecule has 1 saturated carbocycles. The van der Waals surface area contributed by atoms with Crippen molar-refractivity contribution in [2.75, 3.05) is 25.1 Å². The summed E-state index contributed by atoms with van der Waals surface area (Å²) in [6, 6.07) is 27.8. The normalized spacial score (nSPS) is 21.2. The zero-order chi connectivity index (χ0) is 24.9. The maximum atomic E-state index is 13.8. The molecule has 4 heteroatoms. The van der Waals surface area contributed by atoms with Crippen LogP contribution in [-0.4, -0.2) is 43.1 Å². The lowest BCUT2D eigenvalue weighted by molar-refractivity contribution is 0.0895. The number of benzene rings is 3. The second-order valence-electron chi connectivity index (χ2n) is 10.4. The first-order valence-electron chi connectivity index (χ1n) is 13.5. The fourth-order valence-corrected chi connectivity index (χ4v) is 6.19. The van der Waals surface area contributed by atoms with E-state index in [-0.39, 0.29) is 11.9 Å². The molecule has 1 heterocycles. The van der Waals surface area contributed by atoms with Crippen molar-refractivity contribution >= 4 is 11.6 Å². The molecule has 3 aromatic rings. The van der Waals surface area contributed by atoms with E-state index in [0.29, 0.717) is 17.5 Å². The van der Waals surface area contributed by atoms with Gasteiger partial charge in [0.2, 0.25) is 0 Å². The zero-order valence-corrected chi connectivity index (χ0v) is 21.6. The van der Waals surface area contributed by atoms with Crippen LogP contribution in [0.2, 0.25) is 0 Å². The minimum Gasteiger partial charge on any atom is -0.497 e. The fraction of sp³-hybridized carbons (Fsp3) is 0.406. The largest absolute Gasteiger partial charge is 0.497 e. The Bertz CT molecular complexity index is 1120. The minimum atomic E-state index is 0.0692. The Morgan fingerprint density at radius 3 is 2.17 bits per heavy atom. The number of methoxy groups -OCH3 is 1. The van der Waals surface area contributed by atoms with Crippen molar-refractivity contribution in [2.24, 2.45) is 0 Å². The van der Waals surface area contributed by atoms with Gasteiger partial charge in [0.15, 0.2) is 0 Å². The van der Waals surface area contributed by atoms with E-state index in [2.05, 4.69) is 66.4 Å². The van der Waals surface area contributed by atoms with E-state index >= 15 is 0 Å². The monoisotopic (exact) mass is 482 g/mol. The van der Waals surface area contributed by atoms with E-state index in [4.69, 9.17) is 4.74 Å². The van der Waals surface area contributed by atoms with E-state index in [9.17, 15) is 4.79 Å². The highest BCUT2D eigenvalue weighted by molar-refractivity contribution is 6.06. The number of amides is 1. The van der Waals surface area contributed by atoms with Crippen LogP contribution in [0.4, 0.5) is 5.69 Å². The Hall–Kier alpha value is -3.11. The van der Waals surface area contributed by atoms with Crippen molar-refractivity contribution in [1.29, 1.82) is 0 Å². The standard InChI is InChI=1S/C32H38N2O2/c1-24-12-16-27(17-13-24)34(32(35)26-14-18-29(36-2)19-15-26)28-20-22-33(23-21-28)31-11-7-6-10-30(31)25-8-4-3-5-9-25/h3-5,8-9,12-19,28,30-31H,6-7,10-11,20-23H2,1-2H3/t30-,31-/m1/s1. The SMILES string of the molecule is COc1ccc(C(=O)N(c2ccc(C)cc2)C2CCN([C@@H]3CCCC[C@@H]3c3ccccc3)CC2)cc1. The van der Waals surface area contributed by atoms with E-state index in [0.717, 1.165) is 37.4 Å². The molecule has 1 aliphatic carbocycles. The van der Waals surface area contributed by atoms with Gasteiger partial charge < -0.3 is 9.64 Å². The van der Waals surface area contributed by atoms with Gasteiger partial charge in [-0.15, -0.1) is 0 Å². The van der Waals surface area contributed by atoms with Crippen molar-refractivity contribution in [3.63, 3.8) is 0 Å². The van der Waals surface area contributed by atoms with Crippen LogP contribution in [0, 0.1) is 6.92 Å². The van der Waals surface area contributed by atoms with Gasteiger partial charge in [0.1, 0.15) is 5.75 Å². The molecule has 1 aliphatic heterocycles. The number of hydrogen-bond acceptors (Lipinski definition) is 3. The molecule has 2 aliphatic rings. The molecule has 4 nitrogen and oxygen atoms in total. The summed E-state index contributed by atoms with van der Waals surface area (Å²) >= 11 is 0. The number of piperidine rings is 1. The molecule has 0 spiro atoms. The van der Waals surface area contributed by atoms with Gasteiger partial charge in [0, 0.05) is 36.4 Å². The summed E-state index contributed by atoms with van der Waals surface area (Å²) in [7, 11) is 1.65. The predicted molar refractivity (Wildman–Crippen MR) is 147 cm³/mol. The summed E-state index contributed by atoms with van der Waals surface area (Å²) in [6.45, 7) is 4.17. The number of aryl methyl sites for hydroxylation is 1. The average Bonchev–Trinajstić information content (AvgIpc) is 2.95. The van der Waals surface area contributed by atoms with E-state index < -0.39 is 0 Å². The van der Waals surface area contributed by atoms with Crippen LogP contribution in [0.5, 0.6) is 5.75 Å². The number of carbonyl (C=O) groups excluding carboxylic acids is 1. The third kappa shape index (κ3) is 5.34. The second-order valence-corrected chi connectivity index (χ2v) is 10.4. The second kappa shape index (κ2) is 11.3. The molecule has 1 saturated heterocycles. The fourth-order valence-electron chi connectivity index (χ4n) is 6.19. The molecule has 0 N–H and O–H groups in total. The van der Waals surface area contributed by atoms with Gasteiger partial charge in [-0.2, -0.15) is 0 Å². The molecule has 36 heavy (non-hydrogen) atoms. The quantitative estimate of drug-likeness (QED) is 0.386. The van der Waals surface area contributed by atoms with E-state index in [1.807, 2.05) is 29.2 Å². The molecule has 0 unspecified atom stereocenters. The highest BCUT2D eigenvalue weighted by Crippen LogP contribution is 2.38. The summed E-state index contributed by atoms with van der Waals surface area (Å²) in [4.78, 5) is 18.6. The van der Waals surface area contributed by atoms with Gasteiger partial charge in [0.05, 0.1) is 7.11 Å². The van der Waals surface area contributed by atoms with E-state index in [1.54, 1.807) is 7.11 Å². The number of carbonyl (C=O) groups is 1. The molecular formula is C32H38N2O2. The van der Waals surface area contributed by atoms with Crippen molar-refractivity contribution in [2.45, 2.75) is 63.5 Å². The Balaban J connectivity index is 1.34. The number of likely N-dealkylation sites (tertiary alicyclic amines) is 1. The first-order chi connectivity index (χ1) is 17.6. The Kier molecular flexibility index (Phi) is 7.72. The van der Waals surface area contributed by atoms with Gasteiger partial charge in [0.25, 0.3) is 5.91 Å². The predicted octanol–water partition coefficient (Wildman–Crippen LogP) is 6.84. The Morgan fingerprint density at radius 2 is 1.50 bits per heavy atom. The molecule has 2 atom stereocenters. The van der Waals surface area contributed by atoms with Crippen LogP contribution in [0.15, 0.2) is 78.9 Å². The molecule has 0 radical (unpaired) electrons. The topological polar surface area (TPSA) is 32.8 Å². The Morgan fingerprint density at radius 1 is 0.833 bits per heavy atom. The molecule has 188 valence electrons. The summed E-state index contributed by atoms with van der Waals surface area (Å²) in [5.74, 6) is 1.45. The average molecular weight is 483 g/mol. The van der Waals surface area contributed by atoms with Gasteiger partial charge in [-0.25, -0.2) is 0 Å². The van der Waals surface area contributed by atoms with Crippen LogP contribution < -0.4 is 9.64 Å². The van der Waals surface area contributed by atoms with E-state index in [1.165, 1.54) is 36.8 Å². The van der Waals surface area contributed by atoms with Crippen molar-refractivity contribution < 1.29 is 9.53 Å². The van der Waals surface area contributed by atoms with Crippen LogP contribution in [0.3, 0.4) is 0 Å². The molecule has 0 aromatic heterocycles. The summed E-state index contributed by atoms with van der Waals surface area (Å²) in [5, 5.41) is 0. The number of nitrogens with zero attached hydrogens (tertiary/aromatic N) is 2. The maximum absolute atomic E-state index is 13.8. The lowest BCUT2D eigenvalue weighted by atomic mass is 9.78. The number of rotatable bonds is 6. The van der Waals surface area contributed by atoms with Crippen molar-refractivity contribution in [1.82, 2.24) is 4.90 Å². The number of hydrogen-bond donors (Lipinski definition) is 0. The molecule has 2 fully saturated rings. The smallest absolute Gasteiger partial charge is 0.258 e. The van der Waals surface area contributed by atoms with Crippen LogP contribution in [0.1, 0.15) is 65.9 Å². The highest BCUT2D eigenvalue weighted by Gasteiger charge is 2.36. The Labute approximate surface area is 215 Å². The molecule has 1 amide bonds. The third-order valence-electron chi connectivity index (χ3n) is 8.16. The third-order valence-corrected chi connectivity index (χ3v) is 8.16. The molecule has 5 rings (SSSR count). The summed E-state index contributed by atoms with van der Waals surface area (Å²) in [5.41, 5.74) is 4.38. The highest BCUT2D eigenvalue weighted by atomic mass is 16.5. The van der Waals surface area contributed by atoms with Gasteiger partial charge in [-0.3, -0.25) is 9.69 Å². The lowest BCUT2D eigenvalue weighted by Gasteiger charge is -2.45. The van der Waals surface area contributed by atoms with Gasteiger partial charge in [-0.1, -0.05) is 60.9 Å². The van der Waals surface area contributed by atoms with Crippen LogP contribution >= 0.6 is 0 Å². The summed E-state index contributed by atoms with van der Waals surface area (Å²) in [6.07, 6.45) is 7.18. The minimum absolute atomic E-state index is 0.0692. The van der Waals surface area contributed by atoms with Gasteiger partial charge in [-0.05, 0) is 80.5 Å². The van der Waals surface area contributed by atoms with Gasteiger partial charge >= 0.3 is 0 Å². The lowest BCUT2D eigenvalue weighted by Crippen LogP contribution is -2.51. The molecule has 0 bridgehead atoms. The zero-order valence-electron chi connectivity index (χ0n) is 21.6. The van der Waals surface area contributed by atoms with Crippen LogP contribution in [0.25, 0.3) is 0 Å².